The van der Waals surface area contributed by atoms with Gasteiger partial charge in [-0.05, 0) is 69.9 Å². The maximum absolute atomic E-state index is 12.4. The second kappa shape index (κ2) is 7.70. The molecule has 1 N–H and O–H groups in total. The summed E-state index contributed by atoms with van der Waals surface area (Å²) in [6, 6.07) is 10.2. The van der Waals surface area contributed by atoms with E-state index >= 15 is 0 Å². The monoisotopic (exact) mass is 381 g/mol. The molecule has 2 heterocycles. The quantitative estimate of drug-likeness (QED) is 0.773. The van der Waals surface area contributed by atoms with Gasteiger partial charge in [-0.2, -0.15) is 0 Å². The van der Waals surface area contributed by atoms with Gasteiger partial charge >= 0.3 is 5.97 Å². The Labute approximate surface area is 165 Å². The van der Waals surface area contributed by atoms with E-state index in [1.54, 1.807) is 0 Å². The molecule has 6 nitrogen and oxygen atoms in total. The van der Waals surface area contributed by atoms with Crippen molar-refractivity contribution in [2.75, 3.05) is 29.9 Å². The van der Waals surface area contributed by atoms with Crippen molar-refractivity contribution in [2.24, 2.45) is 0 Å². The van der Waals surface area contributed by atoms with Crippen molar-refractivity contribution in [1.82, 2.24) is 4.57 Å². The van der Waals surface area contributed by atoms with Crippen LogP contribution in [0.5, 0.6) is 0 Å². The molecule has 0 radical (unpaired) electrons. The number of carbonyl (C=O) groups is 2. The van der Waals surface area contributed by atoms with Gasteiger partial charge in [0.25, 0.3) is 5.91 Å². The van der Waals surface area contributed by atoms with Gasteiger partial charge in [0, 0.05) is 41.9 Å². The van der Waals surface area contributed by atoms with Crippen molar-refractivity contribution in [1.29, 1.82) is 0 Å². The molecule has 1 aliphatic carbocycles. The summed E-state index contributed by atoms with van der Waals surface area (Å²) >= 11 is 0. The van der Waals surface area contributed by atoms with Gasteiger partial charge in [0.2, 0.25) is 0 Å². The average molecular weight is 381 g/mol. The van der Waals surface area contributed by atoms with Gasteiger partial charge in [0.15, 0.2) is 6.61 Å². The normalized spacial score (nSPS) is 16.3. The molecule has 28 heavy (non-hydrogen) atoms. The number of esters is 1. The van der Waals surface area contributed by atoms with Gasteiger partial charge in [-0.15, -0.1) is 0 Å². The molecule has 1 saturated heterocycles. The Morgan fingerprint density at radius 1 is 1.11 bits per heavy atom. The molecule has 4 rings (SSSR count). The lowest BCUT2D eigenvalue weighted by molar-refractivity contribution is -0.119. The van der Waals surface area contributed by atoms with Gasteiger partial charge in [-0.1, -0.05) is 0 Å². The fourth-order valence-corrected chi connectivity index (χ4v) is 4.02. The molecule has 2 aliphatic rings. The number of carbonyl (C=O) groups excluding carboxylic acids is 2. The number of hydrogen-bond donors (Lipinski definition) is 1. The van der Waals surface area contributed by atoms with Gasteiger partial charge in [-0.25, -0.2) is 4.79 Å². The average Bonchev–Trinajstić information content (AvgIpc) is 3.26. The first-order valence-corrected chi connectivity index (χ1v) is 10.0. The first-order valence-electron chi connectivity index (χ1n) is 10.0. The summed E-state index contributed by atoms with van der Waals surface area (Å²) in [6.45, 7) is 5.82. The van der Waals surface area contributed by atoms with Crippen LogP contribution in [0.15, 0.2) is 30.3 Å². The van der Waals surface area contributed by atoms with Crippen molar-refractivity contribution >= 4 is 23.3 Å². The van der Waals surface area contributed by atoms with Gasteiger partial charge < -0.3 is 19.5 Å². The van der Waals surface area contributed by atoms with E-state index in [0.717, 1.165) is 37.3 Å². The highest BCUT2D eigenvalue weighted by Gasteiger charge is 2.28. The molecule has 148 valence electrons. The third-order valence-electron chi connectivity index (χ3n) is 5.57. The van der Waals surface area contributed by atoms with E-state index in [4.69, 9.17) is 4.74 Å². The number of amides is 1. The summed E-state index contributed by atoms with van der Waals surface area (Å²) in [5.41, 5.74) is 4.41. The zero-order valence-corrected chi connectivity index (χ0v) is 16.5. The molecule has 0 unspecified atom stereocenters. The van der Waals surface area contributed by atoms with Gasteiger partial charge in [0.05, 0.1) is 5.56 Å². The predicted octanol–water partition coefficient (Wildman–Crippen LogP) is 3.84. The van der Waals surface area contributed by atoms with Crippen molar-refractivity contribution in [3.8, 4) is 0 Å². The Hall–Kier alpha value is -2.76. The largest absolute Gasteiger partial charge is 0.452 e. The highest BCUT2D eigenvalue weighted by Crippen LogP contribution is 2.38. The smallest absolute Gasteiger partial charge is 0.340 e. The molecular formula is C22H27N3O3. The summed E-state index contributed by atoms with van der Waals surface area (Å²) in [5, 5.41) is 2.79. The minimum absolute atomic E-state index is 0.292. The van der Waals surface area contributed by atoms with E-state index in [2.05, 4.69) is 14.8 Å². The molecule has 2 aromatic rings. The van der Waals surface area contributed by atoms with E-state index in [1.807, 2.05) is 44.2 Å². The maximum Gasteiger partial charge on any atom is 0.340 e. The van der Waals surface area contributed by atoms with Crippen LogP contribution in [0, 0.1) is 13.8 Å². The van der Waals surface area contributed by atoms with E-state index in [0.29, 0.717) is 17.3 Å². The van der Waals surface area contributed by atoms with Crippen molar-refractivity contribution < 1.29 is 14.3 Å². The Kier molecular flexibility index (Phi) is 5.11. The highest BCUT2D eigenvalue weighted by atomic mass is 16.5. The molecule has 1 aromatic heterocycles. The van der Waals surface area contributed by atoms with Gasteiger partial charge in [-0.3, -0.25) is 4.79 Å². The highest BCUT2D eigenvalue weighted by molar-refractivity contribution is 5.96. The van der Waals surface area contributed by atoms with Crippen molar-refractivity contribution in [3.63, 3.8) is 0 Å². The Morgan fingerprint density at radius 3 is 2.43 bits per heavy atom. The van der Waals surface area contributed by atoms with Crippen LogP contribution in [0.1, 0.15) is 53.5 Å². The molecule has 1 amide bonds. The van der Waals surface area contributed by atoms with Crippen LogP contribution < -0.4 is 10.2 Å². The Balaban J connectivity index is 1.30. The lowest BCUT2D eigenvalue weighted by Gasteiger charge is -2.17. The number of benzene rings is 1. The number of ether oxygens (including phenoxy) is 1. The van der Waals surface area contributed by atoms with E-state index in [9.17, 15) is 9.59 Å². The summed E-state index contributed by atoms with van der Waals surface area (Å²) < 4.78 is 7.44. The fraction of sp³-hybridized carbons (Fsp3) is 0.455. The summed E-state index contributed by atoms with van der Waals surface area (Å²) in [7, 11) is 0. The molecule has 0 spiro atoms. The molecule has 0 bridgehead atoms. The topological polar surface area (TPSA) is 63.6 Å². The van der Waals surface area contributed by atoms with Crippen molar-refractivity contribution in [2.45, 2.75) is 45.6 Å². The summed E-state index contributed by atoms with van der Waals surface area (Å²) in [5.74, 6) is -0.780. The first-order chi connectivity index (χ1) is 13.5. The Morgan fingerprint density at radius 2 is 1.79 bits per heavy atom. The molecule has 6 heteroatoms. The zero-order chi connectivity index (χ0) is 19.7. The number of rotatable bonds is 6. The number of anilines is 2. The van der Waals surface area contributed by atoms with Crippen LogP contribution in [0.3, 0.4) is 0 Å². The maximum atomic E-state index is 12.4. The summed E-state index contributed by atoms with van der Waals surface area (Å²) in [4.78, 5) is 26.9. The van der Waals surface area contributed by atoms with Crippen LogP contribution in [-0.2, 0) is 9.53 Å². The van der Waals surface area contributed by atoms with E-state index in [1.165, 1.54) is 18.5 Å². The van der Waals surface area contributed by atoms with Crippen LogP contribution in [0.2, 0.25) is 0 Å². The minimum atomic E-state index is -0.445. The zero-order valence-electron chi connectivity index (χ0n) is 16.5. The number of aryl methyl sites for hydroxylation is 1. The van der Waals surface area contributed by atoms with Crippen LogP contribution in [0.4, 0.5) is 11.4 Å². The van der Waals surface area contributed by atoms with E-state index < -0.39 is 5.97 Å². The SMILES string of the molecule is Cc1cc(C(=O)OCC(=O)Nc2ccc(N3CCCC3)cc2)c(C)n1C1CC1. The second-order valence-corrected chi connectivity index (χ2v) is 7.75. The first kappa shape index (κ1) is 18.6. The standard InChI is InChI=1S/C22H27N3O3/c1-15-13-20(16(2)25(15)19-9-10-19)22(27)28-14-21(26)23-17-5-7-18(8-6-17)24-11-3-4-12-24/h5-8,13,19H,3-4,9-12,14H2,1-2H3,(H,23,26). The Bertz CT molecular complexity index is 875. The van der Waals surface area contributed by atoms with Crippen LogP contribution >= 0.6 is 0 Å². The second-order valence-electron chi connectivity index (χ2n) is 7.75. The number of nitrogens with zero attached hydrogens (tertiary/aromatic N) is 2. The number of hydrogen-bond acceptors (Lipinski definition) is 4. The molecule has 2 fully saturated rings. The van der Waals surface area contributed by atoms with Gasteiger partial charge in [0.1, 0.15) is 0 Å². The third kappa shape index (κ3) is 3.91. The van der Waals surface area contributed by atoms with Crippen LogP contribution in [-0.4, -0.2) is 36.1 Å². The predicted molar refractivity (Wildman–Crippen MR) is 109 cm³/mol. The van der Waals surface area contributed by atoms with Crippen molar-refractivity contribution in [3.05, 3.63) is 47.3 Å². The lowest BCUT2D eigenvalue weighted by Crippen LogP contribution is -2.21. The third-order valence-corrected chi connectivity index (χ3v) is 5.57. The molecular weight excluding hydrogens is 354 g/mol. The number of nitrogens with one attached hydrogen (secondary N) is 1. The van der Waals surface area contributed by atoms with Crippen LogP contribution in [0.25, 0.3) is 0 Å². The summed E-state index contributed by atoms with van der Waals surface area (Å²) in [6.07, 6.45) is 4.77. The number of aromatic nitrogens is 1. The fourth-order valence-electron chi connectivity index (χ4n) is 4.02. The molecule has 1 aromatic carbocycles. The lowest BCUT2D eigenvalue weighted by atomic mass is 10.2. The molecule has 1 saturated carbocycles. The molecule has 1 aliphatic heterocycles. The molecule has 0 atom stereocenters. The van der Waals surface area contributed by atoms with E-state index in [-0.39, 0.29) is 12.5 Å². The minimum Gasteiger partial charge on any atom is -0.452 e.